The van der Waals surface area contributed by atoms with E-state index in [9.17, 15) is 9.59 Å². The van der Waals surface area contributed by atoms with Gasteiger partial charge in [0.15, 0.2) is 11.5 Å². The highest BCUT2D eigenvalue weighted by atomic mass is 32.2. The Balaban J connectivity index is 1.36. The lowest BCUT2D eigenvalue weighted by Gasteiger charge is -2.22. The first-order chi connectivity index (χ1) is 14.5. The number of aryl methyl sites for hydroxylation is 1. The molecule has 8 nitrogen and oxygen atoms in total. The molecule has 10 heteroatoms. The number of amides is 2. The average molecular weight is 445 g/mol. The zero-order valence-corrected chi connectivity index (χ0v) is 17.9. The number of fused-ring (bicyclic) bond motifs is 1. The summed E-state index contributed by atoms with van der Waals surface area (Å²) in [6.07, 6.45) is 7.83. The lowest BCUT2D eigenvalue weighted by atomic mass is 10.2. The molecule has 0 aliphatic carbocycles. The highest BCUT2D eigenvalue weighted by Gasteiger charge is 2.38. The van der Waals surface area contributed by atoms with Crippen LogP contribution in [0, 0.1) is 0 Å². The van der Waals surface area contributed by atoms with Gasteiger partial charge in [-0.25, -0.2) is 4.98 Å². The summed E-state index contributed by atoms with van der Waals surface area (Å²) in [5.74, 6) is 0.811. The molecule has 156 valence electrons. The standard InChI is InChI=1S/C20H20N4O4S2/c1-13(18(25)22-5-2-7-23-8-6-21-11-23)24-19(26)17(30-20(24)29)10-14-3-4-15-16(9-14)28-12-27-15/h3-4,6,8-11,13H,2,5,7,12H2,1H3,(H,22,25)/b17-10-/t13-/m1/s1. The largest absolute Gasteiger partial charge is 0.454 e. The summed E-state index contributed by atoms with van der Waals surface area (Å²) in [7, 11) is 0. The topological polar surface area (TPSA) is 85.7 Å². The number of benzene rings is 1. The van der Waals surface area contributed by atoms with Crippen LogP contribution in [0.15, 0.2) is 41.8 Å². The lowest BCUT2D eigenvalue weighted by Crippen LogP contribution is -2.47. The van der Waals surface area contributed by atoms with E-state index in [-0.39, 0.29) is 18.6 Å². The van der Waals surface area contributed by atoms with Crippen molar-refractivity contribution in [1.29, 1.82) is 0 Å². The molecule has 1 saturated heterocycles. The Hall–Kier alpha value is -2.85. The van der Waals surface area contributed by atoms with Gasteiger partial charge >= 0.3 is 0 Å². The van der Waals surface area contributed by atoms with Crippen molar-refractivity contribution in [3.05, 3.63) is 47.4 Å². The van der Waals surface area contributed by atoms with Crippen molar-refractivity contribution >= 4 is 46.2 Å². The number of thioether (sulfide) groups is 1. The summed E-state index contributed by atoms with van der Waals surface area (Å²) in [6, 6.07) is 4.77. The van der Waals surface area contributed by atoms with Gasteiger partial charge in [0.25, 0.3) is 5.91 Å². The molecule has 2 aromatic rings. The van der Waals surface area contributed by atoms with Crippen LogP contribution >= 0.6 is 24.0 Å². The molecule has 2 amide bonds. The number of aromatic nitrogens is 2. The molecule has 1 atom stereocenters. The zero-order chi connectivity index (χ0) is 21.1. The number of nitrogens with zero attached hydrogens (tertiary/aromatic N) is 3. The van der Waals surface area contributed by atoms with E-state index in [2.05, 4.69) is 10.3 Å². The van der Waals surface area contributed by atoms with E-state index in [1.165, 1.54) is 16.7 Å². The Morgan fingerprint density at radius 1 is 1.40 bits per heavy atom. The summed E-state index contributed by atoms with van der Waals surface area (Å²) in [4.78, 5) is 31.2. The predicted molar refractivity (Wildman–Crippen MR) is 117 cm³/mol. The normalized spacial score (nSPS) is 17.6. The third-order valence-electron chi connectivity index (χ3n) is 4.74. The number of imidazole rings is 1. The van der Waals surface area contributed by atoms with E-state index < -0.39 is 6.04 Å². The third-order valence-corrected chi connectivity index (χ3v) is 6.07. The molecular weight excluding hydrogens is 424 g/mol. The monoisotopic (exact) mass is 444 g/mol. The number of carbonyl (C=O) groups is 2. The number of ether oxygens (including phenoxy) is 2. The Morgan fingerprint density at radius 2 is 2.23 bits per heavy atom. The van der Waals surface area contributed by atoms with E-state index in [1.54, 1.807) is 31.6 Å². The van der Waals surface area contributed by atoms with Crippen LogP contribution in [0.25, 0.3) is 6.08 Å². The van der Waals surface area contributed by atoms with Gasteiger partial charge in [-0.3, -0.25) is 14.5 Å². The Kier molecular flexibility index (Phi) is 6.05. The number of carbonyl (C=O) groups excluding carboxylic acids is 2. The summed E-state index contributed by atoms with van der Waals surface area (Å²) in [5.41, 5.74) is 0.802. The maximum absolute atomic E-state index is 12.9. The molecule has 1 aromatic carbocycles. The fraction of sp³-hybridized carbons (Fsp3) is 0.300. The van der Waals surface area contributed by atoms with Crippen molar-refractivity contribution in [2.45, 2.75) is 25.9 Å². The highest BCUT2D eigenvalue weighted by molar-refractivity contribution is 8.26. The van der Waals surface area contributed by atoms with Crippen molar-refractivity contribution in [3.63, 3.8) is 0 Å². The molecule has 0 radical (unpaired) electrons. The van der Waals surface area contributed by atoms with Crippen molar-refractivity contribution in [2.24, 2.45) is 0 Å². The van der Waals surface area contributed by atoms with Crippen LogP contribution in [0.5, 0.6) is 11.5 Å². The molecule has 0 spiro atoms. The van der Waals surface area contributed by atoms with Gasteiger partial charge in [-0.05, 0) is 37.1 Å². The number of hydrogen-bond acceptors (Lipinski definition) is 7. The molecule has 1 N–H and O–H groups in total. The van der Waals surface area contributed by atoms with Crippen molar-refractivity contribution in [1.82, 2.24) is 19.8 Å². The fourth-order valence-electron chi connectivity index (χ4n) is 3.13. The van der Waals surface area contributed by atoms with Crippen LogP contribution < -0.4 is 14.8 Å². The molecule has 4 rings (SSSR count). The number of thiocarbonyl (C=S) groups is 1. The minimum Gasteiger partial charge on any atom is -0.454 e. The number of hydrogen-bond donors (Lipinski definition) is 1. The smallest absolute Gasteiger partial charge is 0.266 e. The summed E-state index contributed by atoms with van der Waals surface area (Å²) in [5, 5.41) is 2.87. The van der Waals surface area contributed by atoms with Crippen molar-refractivity contribution in [2.75, 3.05) is 13.3 Å². The van der Waals surface area contributed by atoms with Crippen LogP contribution in [-0.4, -0.2) is 50.0 Å². The van der Waals surface area contributed by atoms with Gasteiger partial charge in [0.1, 0.15) is 10.4 Å². The van der Waals surface area contributed by atoms with Gasteiger partial charge in [-0.15, -0.1) is 0 Å². The molecule has 0 saturated carbocycles. The molecule has 3 heterocycles. The van der Waals surface area contributed by atoms with Crippen LogP contribution in [0.2, 0.25) is 0 Å². The van der Waals surface area contributed by atoms with Gasteiger partial charge in [-0.2, -0.15) is 0 Å². The SMILES string of the molecule is C[C@H](C(=O)NCCCn1ccnc1)N1C(=O)/C(=C/c2ccc3c(c2)OCO3)SC1=S. The van der Waals surface area contributed by atoms with E-state index in [0.717, 1.165) is 18.5 Å². The van der Waals surface area contributed by atoms with Crippen LogP contribution in [0.4, 0.5) is 0 Å². The molecule has 1 aromatic heterocycles. The van der Waals surface area contributed by atoms with E-state index in [0.29, 0.717) is 27.3 Å². The Bertz CT molecular complexity index is 1010. The van der Waals surface area contributed by atoms with Gasteiger partial charge in [0.2, 0.25) is 12.7 Å². The molecule has 0 bridgehead atoms. The second kappa shape index (κ2) is 8.88. The van der Waals surface area contributed by atoms with Crippen molar-refractivity contribution in [3.8, 4) is 11.5 Å². The molecule has 2 aliphatic rings. The number of nitrogens with one attached hydrogen (secondary N) is 1. The lowest BCUT2D eigenvalue weighted by molar-refractivity contribution is -0.132. The van der Waals surface area contributed by atoms with Gasteiger partial charge in [0, 0.05) is 25.5 Å². The highest BCUT2D eigenvalue weighted by Crippen LogP contribution is 2.37. The molecule has 1 fully saturated rings. The minimum atomic E-state index is -0.687. The van der Waals surface area contributed by atoms with E-state index >= 15 is 0 Å². The average Bonchev–Trinajstić information content (AvgIpc) is 3.46. The van der Waals surface area contributed by atoms with Crippen LogP contribution in [0.3, 0.4) is 0 Å². The fourth-order valence-corrected chi connectivity index (χ4v) is 4.54. The van der Waals surface area contributed by atoms with E-state index in [4.69, 9.17) is 21.7 Å². The van der Waals surface area contributed by atoms with Crippen molar-refractivity contribution < 1.29 is 19.1 Å². The van der Waals surface area contributed by atoms with E-state index in [1.807, 2.05) is 22.9 Å². The Labute approximate surface area is 183 Å². The predicted octanol–water partition coefficient (Wildman–Crippen LogP) is 2.41. The first-order valence-electron chi connectivity index (χ1n) is 9.43. The second-order valence-electron chi connectivity index (χ2n) is 6.79. The second-order valence-corrected chi connectivity index (χ2v) is 8.46. The molecule has 2 aliphatic heterocycles. The summed E-state index contributed by atoms with van der Waals surface area (Å²) in [6.45, 7) is 3.13. The first-order valence-corrected chi connectivity index (χ1v) is 10.7. The van der Waals surface area contributed by atoms with Crippen LogP contribution in [-0.2, 0) is 16.1 Å². The third kappa shape index (κ3) is 4.34. The summed E-state index contributed by atoms with van der Waals surface area (Å²) < 4.78 is 13.0. The van der Waals surface area contributed by atoms with Gasteiger partial charge < -0.3 is 19.4 Å². The quantitative estimate of drug-likeness (QED) is 0.399. The summed E-state index contributed by atoms with van der Waals surface area (Å²) >= 11 is 6.56. The van der Waals surface area contributed by atoms with Crippen LogP contribution in [0.1, 0.15) is 18.9 Å². The van der Waals surface area contributed by atoms with Gasteiger partial charge in [-0.1, -0.05) is 30.0 Å². The molecule has 0 unspecified atom stereocenters. The first kappa shape index (κ1) is 20.4. The molecular formula is C20H20N4O4S2. The maximum atomic E-state index is 12.9. The maximum Gasteiger partial charge on any atom is 0.266 e. The number of rotatable bonds is 7. The zero-order valence-electron chi connectivity index (χ0n) is 16.2. The molecule has 30 heavy (non-hydrogen) atoms. The van der Waals surface area contributed by atoms with Gasteiger partial charge in [0.05, 0.1) is 11.2 Å². The Morgan fingerprint density at radius 3 is 3.03 bits per heavy atom. The minimum absolute atomic E-state index is 0.190.